The average Bonchev–Trinajstić information content (AvgIpc) is 2.77. The fraction of sp³-hybridized carbons (Fsp3) is 0.273. The zero-order valence-electron chi connectivity index (χ0n) is 9.15. The third kappa shape index (κ3) is 2.64. The third-order valence-corrected chi connectivity index (χ3v) is 2.54. The van der Waals surface area contributed by atoms with Gasteiger partial charge in [-0.1, -0.05) is 17.3 Å². The van der Waals surface area contributed by atoms with E-state index >= 15 is 0 Å². The molecule has 0 fully saturated rings. The van der Waals surface area contributed by atoms with E-state index in [4.69, 9.17) is 11.6 Å². The van der Waals surface area contributed by atoms with E-state index in [0.29, 0.717) is 18.0 Å². The first-order chi connectivity index (χ1) is 8.52. The molecule has 0 saturated carbocycles. The summed E-state index contributed by atoms with van der Waals surface area (Å²) in [6, 6.07) is 5.22. The van der Waals surface area contributed by atoms with E-state index in [1.165, 1.54) is 24.4 Å². The predicted octanol–water partition coefficient (Wildman–Crippen LogP) is 3.07. The molecule has 96 valence electrons. The molecule has 0 aliphatic carbocycles. The number of aryl methyl sites for hydroxylation is 1. The lowest BCUT2D eigenvalue weighted by atomic mass is 10.1. The number of alkyl halides is 4. The highest BCUT2D eigenvalue weighted by Gasteiger charge is 2.33. The van der Waals surface area contributed by atoms with Crippen LogP contribution in [0.3, 0.4) is 0 Å². The molecular formula is C11H9ClF3N3. The number of hydrogen-bond donors (Lipinski definition) is 0. The Hall–Kier alpha value is -1.56. The number of para-hydroxylation sites is 1. The number of hydrogen-bond acceptors (Lipinski definition) is 2. The van der Waals surface area contributed by atoms with Crippen molar-refractivity contribution in [2.45, 2.75) is 12.6 Å². The Morgan fingerprint density at radius 2 is 1.94 bits per heavy atom. The van der Waals surface area contributed by atoms with Gasteiger partial charge in [0.25, 0.3) is 0 Å². The first-order valence-corrected chi connectivity index (χ1v) is 5.69. The van der Waals surface area contributed by atoms with Gasteiger partial charge < -0.3 is 0 Å². The Kier molecular flexibility index (Phi) is 3.56. The Balaban J connectivity index is 2.43. The van der Waals surface area contributed by atoms with Crippen LogP contribution in [0.1, 0.15) is 11.3 Å². The average molecular weight is 276 g/mol. The molecule has 0 unspecified atom stereocenters. The second-order valence-electron chi connectivity index (χ2n) is 3.61. The minimum absolute atomic E-state index is 0.0432. The van der Waals surface area contributed by atoms with Crippen molar-refractivity contribution in [1.82, 2.24) is 15.0 Å². The minimum atomic E-state index is -4.42. The fourth-order valence-corrected chi connectivity index (χ4v) is 1.73. The van der Waals surface area contributed by atoms with Crippen LogP contribution >= 0.6 is 11.6 Å². The highest BCUT2D eigenvalue weighted by Crippen LogP contribution is 2.33. The normalized spacial score (nSPS) is 11.8. The molecule has 0 radical (unpaired) electrons. The second kappa shape index (κ2) is 4.97. The summed E-state index contributed by atoms with van der Waals surface area (Å²) in [4.78, 5) is 0. The van der Waals surface area contributed by atoms with Gasteiger partial charge in [-0.2, -0.15) is 13.2 Å². The molecular weight excluding hydrogens is 267 g/mol. The molecule has 0 aliphatic heterocycles. The summed E-state index contributed by atoms with van der Waals surface area (Å²) in [6.45, 7) is 0. The van der Waals surface area contributed by atoms with Gasteiger partial charge in [0.1, 0.15) is 0 Å². The second-order valence-corrected chi connectivity index (χ2v) is 3.99. The molecule has 1 heterocycles. The van der Waals surface area contributed by atoms with E-state index in [9.17, 15) is 13.2 Å². The van der Waals surface area contributed by atoms with Gasteiger partial charge in [-0.15, -0.1) is 16.7 Å². The van der Waals surface area contributed by atoms with Crippen molar-refractivity contribution in [2.24, 2.45) is 0 Å². The summed E-state index contributed by atoms with van der Waals surface area (Å²) < 4.78 is 39.5. The summed E-state index contributed by atoms with van der Waals surface area (Å²) >= 11 is 5.54. The molecule has 0 spiro atoms. The van der Waals surface area contributed by atoms with Crippen molar-refractivity contribution in [3.63, 3.8) is 0 Å². The molecule has 7 heteroatoms. The van der Waals surface area contributed by atoms with Crippen LogP contribution in [-0.2, 0) is 12.6 Å². The number of rotatable bonds is 3. The fourth-order valence-electron chi connectivity index (χ4n) is 1.54. The summed E-state index contributed by atoms with van der Waals surface area (Å²) in [6.07, 6.45) is -2.50. The minimum Gasteiger partial charge on any atom is -0.220 e. The van der Waals surface area contributed by atoms with E-state index in [1.807, 2.05) is 0 Å². The molecule has 0 bridgehead atoms. The standard InChI is InChI=1S/C11H9ClF3N3/c12-6-5-8-7-18(17-16-8)10-4-2-1-3-9(10)11(13,14)15/h1-4,7H,5-6H2. The van der Waals surface area contributed by atoms with Crippen molar-refractivity contribution < 1.29 is 13.2 Å². The van der Waals surface area contributed by atoms with Gasteiger partial charge in [0.15, 0.2) is 0 Å². The first-order valence-electron chi connectivity index (χ1n) is 5.16. The quantitative estimate of drug-likeness (QED) is 0.806. The lowest BCUT2D eigenvalue weighted by Crippen LogP contribution is -2.10. The lowest BCUT2D eigenvalue weighted by Gasteiger charge is -2.11. The van der Waals surface area contributed by atoms with Gasteiger partial charge in [0.2, 0.25) is 0 Å². The van der Waals surface area contributed by atoms with Crippen molar-refractivity contribution in [2.75, 3.05) is 5.88 Å². The summed E-state index contributed by atoms with van der Waals surface area (Å²) in [5.41, 5.74) is -0.229. The maximum Gasteiger partial charge on any atom is 0.418 e. The van der Waals surface area contributed by atoms with E-state index in [-0.39, 0.29) is 5.69 Å². The number of nitrogens with zero attached hydrogens (tertiary/aromatic N) is 3. The van der Waals surface area contributed by atoms with Crippen LogP contribution in [0.4, 0.5) is 13.2 Å². The Labute approximate surface area is 106 Å². The molecule has 0 atom stereocenters. The van der Waals surface area contributed by atoms with E-state index in [0.717, 1.165) is 10.7 Å². The Morgan fingerprint density at radius 3 is 2.61 bits per heavy atom. The topological polar surface area (TPSA) is 30.7 Å². The molecule has 0 saturated heterocycles. The zero-order valence-corrected chi connectivity index (χ0v) is 9.91. The van der Waals surface area contributed by atoms with Crippen LogP contribution in [-0.4, -0.2) is 20.9 Å². The zero-order chi connectivity index (χ0) is 13.2. The molecule has 1 aromatic heterocycles. The third-order valence-electron chi connectivity index (χ3n) is 2.35. The van der Waals surface area contributed by atoms with E-state index in [1.54, 1.807) is 0 Å². The van der Waals surface area contributed by atoms with Crippen LogP contribution in [0, 0.1) is 0 Å². The molecule has 1 aromatic carbocycles. The molecule has 2 aromatic rings. The Bertz CT molecular complexity index is 536. The van der Waals surface area contributed by atoms with Crippen LogP contribution in [0.15, 0.2) is 30.5 Å². The predicted molar refractivity (Wildman–Crippen MR) is 60.8 cm³/mol. The smallest absolute Gasteiger partial charge is 0.220 e. The molecule has 0 N–H and O–H groups in total. The molecule has 18 heavy (non-hydrogen) atoms. The van der Waals surface area contributed by atoms with Crippen molar-refractivity contribution in [1.29, 1.82) is 0 Å². The van der Waals surface area contributed by atoms with Crippen molar-refractivity contribution >= 4 is 11.6 Å². The highest BCUT2D eigenvalue weighted by molar-refractivity contribution is 6.17. The molecule has 0 aliphatic rings. The lowest BCUT2D eigenvalue weighted by molar-refractivity contribution is -0.137. The number of benzene rings is 1. The van der Waals surface area contributed by atoms with Crippen molar-refractivity contribution in [3.05, 3.63) is 41.7 Å². The maximum absolute atomic E-state index is 12.8. The van der Waals surface area contributed by atoms with E-state index in [2.05, 4.69) is 10.3 Å². The largest absolute Gasteiger partial charge is 0.418 e. The van der Waals surface area contributed by atoms with Gasteiger partial charge in [-0.3, -0.25) is 0 Å². The van der Waals surface area contributed by atoms with E-state index < -0.39 is 11.7 Å². The van der Waals surface area contributed by atoms with Gasteiger partial charge in [0.05, 0.1) is 23.1 Å². The SMILES string of the molecule is FC(F)(F)c1ccccc1-n1cc(CCCl)nn1. The van der Waals surface area contributed by atoms with Gasteiger partial charge in [-0.25, -0.2) is 4.68 Å². The van der Waals surface area contributed by atoms with Gasteiger partial charge >= 0.3 is 6.18 Å². The van der Waals surface area contributed by atoms with Gasteiger partial charge in [0, 0.05) is 12.3 Å². The number of aromatic nitrogens is 3. The first kappa shape index (κ1) is 12.9. The van der Waals surface area contributed by atoms with Crippen LogP contribution in [0.5, 0.6) is 0 Å². The number of halogens is 4. The molecule has 0 amide bonds. The van der Waals surface area contributed by atoms with Crippen LogP contribution in [0.25, 0.3) is 5.69 Å². The maximum atomic E-state index is 12.8. The highest BCUT2D eigenvalue weighted by atomic mass is 35.5. The Morgan fingerprint density at radius 1 is 1.22 bits per heavy atom. The summed E-state index contributed by atoms with van der Waals surface area (Å²) in [5, 5.41) is 7.45. The summed E-state index contributed by atoms with van der Waals surface area (Å²) in [7, 11) is 0. The monoisotopic (exact) mass is 275 g/mol. The van der Waals surface area contributed by atoms with Crippen LogP contribution in [0.2, 0.25) is 0 Å². The van der Waals surface area contributed by atoms with Crippen molar-refractivity contribution in [3.8, 4) is 5.69 Å². The van der Waals surface area contributed by atoms with Gasteiger partial charge in [-0.05, 0) is 12.1 Å². The van der Waals surface area contributed by atoms with Crippen LogP contribution < -0.4 is 0 Å². The molecule has 3 nitrogen and oxygen atoms in total. The summed E-state index contributed by atoms with van der Waals surface area (Å²) in [5.74, 6) is 0.347. The molecule has 2 rings (SSSR count).